The summed E-state index contributed by atoms with van der Waals surface area (Å²) in [5.74, 6) is 1.43. The van der Waals surface area contributed by atoms with Crippen LogP contribution < -0.4 is 14.8 Å². The topological polar surface area (TPSA) is 30.5 Å². The van der Waals surface area contributed by atoms with E-state index in [1.54, 1.807) is 14.2 Å². The monoisotopic (exact) mass is 193 g/mol. The molecule has 0 aliphatic carbocycles. The van der Waals surface area contributed by atoms with Crippen LogP contribution in [0.25, 0.3) is 5.70 Å². The van der Waals surface area contributed by atoms with Crippen LogP contribution in [0, 0.1) is 0 Å². The molecule has 0 amide bonds. The van der Waals surface area contributed by atoms with Crippen molar-refractivity contribution >= 4 is 5.70 Å². The average molecular weight is 193 g/mol. The Morgan fingerprint density at radius 3 is 2.36 bits per heavy atom. The van der Waals surface area contributed by atoms with Crippen LogP contribution in [0.15, 0.2) is 24.8 Å². The molecular weight excluding hydrogens is 178 g/mol. The van der Waals surface area contributed by atoms with Crippen LogP contribution in [0.5, 0.6) is 11.5 Å². The molecule has 0 aliphatic heterocycles. The van der Waals surface area contributed by atoms with Gasteiger partial charge in [-0.1, -0.05) is 6.58 Å². The van der Waals surface area contributed by atoms with E-state index in [2.05, 4.69) is 11.9 Å². The SMILES string of the molecule is C=C(NC)c1ccc(OC)c(OC)c1. The van der Waals surface area contributed by atoms with Crippen molar-refractivity contribution in [2.75, 3.05) is 21.3 Å². The molecule has 3 nitrogen and oxygen atoms in total. The first-order valence-electron chi connectivity index (χ1n) is 4.32. The second-order valence-electron chi connectivity index (χ2n) is 2.80. The summed E-state index contributed by atoms with van der Waals surface area (Å²) < 4.78 is 10.3. The van der Waals surface area contributed by atoms with Crippen LogP contribution in [0.1, 0.15) is 5.56 Å². The molecule has 0 aromatic heterocycles. The molecule has 3 heteroatoms. The Morgan fingerprint density at radius 1 is 1.21 bits per heavy atom. The highest BCUT2D eigenvalue weighted by molar-refractivity contribution is 5.64. The van der Waals surface area contributed by atoms with Crippen molar-refractivity contribution in [1.82, 2.24) is 5.32 Å². The van der Waals surface area contributed by atoms with E-state index in [1.807, 2.05) is 25.2 Å². The maximum atomic E-state index is 5.18. The van der Waals surface area contributed by atoms with Gasteiger partial charge in [-0.3, -0.25) is 0 Å². The lowest BCUT2D eigenvalue weighted by atomic mass is 10.1. The van der Waals surface area contributed by atoms with Crippen LogP contribution in [0.2, 0.25) is 0 Å². The summed E-state index contributed by atoms with van der Waals surface area (Å²) in [5, 5.41) is 2.98. The molecule has 1 N–H and O–H groups in total. The Morgan fingerprint density at radius 2 is 1.86 bits per heavy atom. The lowest BCUT2D eigenvalue weighted by molar-refractivity contribution is 0.355. The molecule has 14 heavy (non-hydrogen) atoms. The first kappa shape index (κ1) is 10.4. The quantitative estimate of drug-likeness (QED) is 0.792. The normalized spacial score (nSPS) is 9.36. The fourth-order valence-electron chi connectivity index (χ4n) is 1.17. The van der Waals surface area contributed by atoms with Crippen molar-refractivity contribution in [3.63, 3.8) is 0 Å². The summed E-state index contributed by atoms with van der Waals surface area (Å²) in [6.45, 7) is 3.87. The highest BCUT2D eigenvalue weighted by Crippen LogP contribution is 2.29. The average Bonchev–Trinajstić information content (AvgIpc) is 2.26. The number of methoxy groups -OCH3 is 2. The molecule has 0 aliphatic rings. The molecule has 76 valence electrons. The molecular formula is C11H15NO2. The van der Waals surface area contributed by atoms with Crippen LogP contribution in [-0.4, -0.2) is 21.3 Å². The van der Waals surface area contributed by atoms with Crippen molar-refractivity contribution in [3.8, 4) is 11.5 Å². The van der Waals surface area contributed by atoms with E-state index in [4.69, 9.17) is 9.47 Å². The Balaban J connectivity index is 3.07. The standard InChI is InChI=1S/C11H15NO2/c1-8(12-2)9-5-6-10(13-3)11(7-9)14-4/h5-7,12H,1H2,2-4H3. The Labute approximate surface area is 84.3 Å². The fourth-order valence-corrected chi connectivity index (χ4v) is 1.17. The van der Waals surface area contributed by atoms with Gasteiger partial charge in [0.05, 0.1) is 14.2 Å². The summed E-state index contributed by atoms with van der Waals surface area (Å²) in [5.41, 5.74) is 1.84. The summed E-state index contributed by atoms with van der Waals surface area (Å²) in [6, 6.07) is 5.68. The summed E-state index contributed by atoms with van der Waals surface area (Å²) in [4.78, 5) is 0. The largest absolute Gasteiger partial charge is 0.493 e. The molecule has 1 aromatic rings. The third-order valence-electron chi connectivity index (χ3n) is 2.03. The predicted molar refractivity (Wildman–Crippen MR) is 57.6 cm³/mol. The lowest BCUT2D eigenvalue weighted by Gasteiger charge is -2.10. The molecule has 0 atom stereocenters. The van der Waals surface area contributed by atoms with Crippen LogP contribution in [0.4, 0.5) is 0 Å². The van der Waals surface area contributed by atoms with E-state index in [-0.39, 0.29) is 0 Å². The molecule has 0 fully saturated rings. The molecule has 0 spiro atoms. The van der Waals surface area contributed by atoms with E-state index < -0.39 is 0 Å². The van der Waals surface area contributed by atoms with Crippen molar-refractivity contribution < 1.29 is 9.47 Å². The van der Waals surface area contributed by atoms with Crippen LogP contribution in [-0.2, 0) is 0 Å². The minimum Gasteiger partial charge on any atom is -0.493 e. The second kappa shape index (κ2) is 4.56. The smallest absolute Gasteiger partial charge is 0.161 e. The van der Waals surface area contributed by atoms with Crippen molar-refractivity contribution in [2.24, 2.45) is 0 Å². The summed E-state index contributed by atoms with van der Waals surface area (Å²) in [7, 11) is 5.06. The van der Waals surface area contributed by atoms with Gasteiger partial charge in [0.2, 0.25) is 0 Å². The van der Waals surface area contributed by atoms with Crippen molar-refractivity contribution in [3.05, 3.63) is 30.3 Å². The Kier molecular flexibility index (Phi) is 3.40. The van der Waals surface area contributed by atoms with E-state index in [0.29, 0.717) is 5.75 Å². The summed E-state index contributed by atoms with van der Waals surface area (Å²) >= 11 is 0. The molecule has 0 unspecified atom stereocenters. The number of nitrogens with one attached hydrogen (secondary N) is 1. The van der Waals surface area contributed by atoms with Gasteiger partial charge in [0.1, 0.15) is 0 Å². The summed E-state index contributed by atoms with van der Waals surface area (Å²) in [6.07, 6.45) is 0. The number of rotatable bonds is 4. The molecule has 0 heterocycles. The molecule has 1 rings (SSSR count). The number of benzene rings is 1. The Hall–Kier alpha value is -1.64. The molecule has 1 aromatic carbocycles. The second-order valence-corrected chi connectivity index (χ2v) is 2.80. The minimum atomic E-state index is 0.710. The van der Waals surface area contributed by atoms with Crippen LogP contribution >= 0.6 is 0 Å². The van der Waals surface area contributed by atoms with Gasteiger partial charge in [-0.05, 0) is 18.2 Å². The number of hydrogen-bond acceptors (Lipinski definition) is 3. The molecule has 0 bridgehead atoms. The fraction of sp³-hybridized carbons (Fsp3) is 0.273. The number of hydrogen-bond donors (Lipinski definition) is 1. The zero-order valence-corrected chi connectivity index (χ0v) is 8.76. The molecule has 0 saturated carbocycles. The maximum absolute atomic E-state index is 5.18. The zero-order valence-electron chi connectivity index (χ0n) is 8.76. The molecule has 0 radical (unpaired) electrons. The van der Waals surface area contributed by atoms with Crippen molar-refractivity contribution in [2.45, 2.75) is 0 Å². The van der Waals surface area contributed by atoms with E-state index in [1.165, 1.54) is 0 Å². The van der Waals surface area contributed by atoms with Gasteiger partial charge < -0.3 is 14.8 Å². The number of ether oxygens (including phenoxy) is 2. The minimum absolute atomic E-state index is 0.710. The highest BCUT2D eigenvalue weighted by Gasteiger charge is 2.05. The van der Waals surface area contributed by atoms with Gasteiger partial charge in [-0.15, -0.1) is 0 Å². The third kappa shape index (κ3) is 1.99. The molecule has 0 saturated heterocycles. The van der Waals surface area contributed by atoms with Crippen LogP contribution in [0.3, 0.4) is 0 Å². The predicted octanol–water partition coefficient (Wildman–Crippen LogP) is 1.89. The Bertz CT molecular complexity index is 334. The van der Waals surface area contributed by atoms with Gasteiger partial charge in [-0.2, -0.15) is 0 Å². The van der Waals surface area contributed by atoms with E-state index >= 15 is 0 Å². The first-order chi connectivity index (χ1) is 6.72. The maximum Gasteiger partial charge on any atom is 0.161 e. The van der Waals surface area contributed by atoms with Gasteiger partial charge in [0.25, 0.3) is 0 Å². The first-order valence-corrected chi connectivity index (χ1v) is 4.32. The lowest BCUT2D eigenvalue weighted by Crippen LogP contribution is -2.03. The van der Waals surface area contributed by atoms with E-state index in [0.717, 1.165) is 17.0 Å². The van der Waals surface area contributed by atoms with Gasteiger partial charge >= 0.3 is 0 Å². The highest BCUT2D eigenvalue weighted by atomic mass is 16.5. The van der Waals surface area contributed by atoms with Crippen molar-refractivity contribution in [1.29, 1.82) is 0 Å². The van der Waals surface area contributed by atoms with Gasteiger partial charge in [0.15, 0.2) is 11.5 Å². The van der Waals surface area contributed by atoms with Gasteiger partial charge in [0, 0.05) is 18.3 Å². The van der Waals surface area contributed by atoms with E-state index in [9.17, 15) is 0 Å². The zero-order chi connectivity index (χ0) is 10.6. The third-order valence-corrected chi connectivity index (χ3v) is 2.03. The van der Waals surface area contributed by atoms with Gasteiger partial charge in [-0.25, -0.2) is 0 Å².